The summed E-state index contributed by atoms with van der Waals surface area (Å²) < 4.78 is 29.1. The third kappa shape index (κ3) is 9.76. The Hall–Kier alpha value is -5.03. The smallest absolute Gasteiger partial charge is 0.337 e. The molecule has 4 rings (SSSR count). The van der Waals surface area contributed by atoms with Crippen LogP contribution in [0.3, 0.4) is 0 Å². The number of aromatic carboxylic acids is 1. The van der Waals surface area contributed by atoms with Crippen LogP contribution in [0.4, 0.5) is 4.79 Å². The first-order chi connectivity index (χ1) is 23.5. The van der Waals surface area contributed by atoms with E-state index in [1.165, 1.54) is 25.5 Å². The van der Waals surface area contributed by atoms with E-state index in [0.29, 0.717) is 53.0 Å². The minimum Gasteiger partial charge on any atom is -0.490 e. The van der Waals surface area contributed by atoms with E-state index in [0.717, 1.165) is 9.13 Å². The van der Waals surface area contributed by atoms with Gasteiger partial charge in [-0.1, -0.05) is 18.2 Å². The maximum Gasteiger partial charge on any atom is 0.337 e. The number of hydrogen-bond donors (Lipinski definition) is 5. The normalized spacial score (nSPS) is 14.8. The Morgan fingerprint density at radius 3 is 2.39 bits per heavy atom. The molecule has 1 aliphatic heterocycles. The summed E-state index contributed by atoms with van der Waals surface area (Å²) >= 11 is 2.13. The van der Waals surface area contributed by atoms with Gasteiger partial charge in [-0.05, 0) is 96.5 Å². The molecule has 2 amide bonds. The molecule has 0 radical (unpaired) electrons. The molecule has 0 fully saturated rings. The van der Waals surface area contributed by atoms with E-state index in [4.69, 9.17) is 28.8 Å². The molecule has 0 bridgehead atoms. The molecule has 2 atom stereocenters. The number of nitrogens with one attached hydrogen (secondary N) is 3. The molecule has 0 aromatic heterocycles. The number of benzene rings is 3. The number of hydrazone groups is 1. The molecule has 260 valence electrons. The van der Waals surface area contributed by atoms with Crippen molar-refractivity contribution < 1.29 is 48.3 Å². The molecule has 0 saturated carbocycles. The largest absolute Gasteiger partial charge is 0.490 e. The van der Waals surface area contributed by atoms with Crippen LogP contribution in [0.2, 0.25) is 0 Å². The number of urea groups is 1. The van der Waals surface area contributed by atoms with Crippen molar-refractivity contribution in [2.75, 3.05) is 26.9 Å². The molecular weight excluding hydrogens is 751 g/mol. The Morgan fingerprint density at radius 1 is 1.00 bits per heavy atom. The van der Waals surface area contributed by atoms with Crippen LogP contribution in [0.15, 0.2) is 71.0 Å². The number of carbonyl (C=O) groups excluding carboxylic acids is 2. The number of halogens is 1. The molecular formula is C34H37IN4O10. The zero-order valence-corrected chi connectivity index (χ0v) is 29.4. The molecule has 0 saturated heterocycles. The number of aliphatic hydroxyl groups excluding tert-OH is 1. The maximum atomic E-state index is 12.5. The predicted octanol–water partition coefficient (Wildman–Crippen LogP) is 4.49. The highest BCUT2D eigenvalue weighted by Gasteiger charge is 2.32. The van der Waals surface area contributed by atoms with Gasteiger partial charge in [0.1, 0.15) is 13.2 Å². The van der Waals surface area contributed by atoms with Gasteiger partial charge >= 0.3 is 18.0 Å². The molecule has 5 N–H and O–H groups in total. The van der Waals surface area contributed by atoms with E-state index in [-0.39, 0.29) is 24.4 Å². The number of esters is 1. The lowest BCUT2D eigenvalue weighted by Gasteiger charge is -2.28. The number of nitrogens with zero attached hydrogens (tertiary/aromatic N) is 1. The second-order valence-electron chi connectivity index (χ2n) is 10.5. The second kappa shape index (κ2) is 17.4. The van der Waals surface area contributed by atoms with Crippen LogP contribution in [0.5, 0.6) is 23.0 Å². The van der Waals surface area contributed by atoms with Crippen LogP contribution in [0.25, 0.3) is 0 Å². The van der Waals surface area contributed by atoms with E-state index in [1.807, 2.05) is 13.0 Å². The Kier molecular flexibility index (Phi) is 13.1. The summed E-state index contributed by atoms with van der Waals surface area (Å²) in [5.74, 6) is 0.142. The van der Waals surface area contributed by atoms with Crippen molar-refractivity contribution in [2.45, 2.75) is 39.6 Å². The van der Waals surface area contributed by atoms with Crippen LogP contribution < -0.4 is 35.0 Å². The average Bonchev–Trinajstić information content (AvgIpc) is 3.07. The molecule has 1 heterocycles. The lowest BCUT2D eigenvalue weighted by molar-refractivity contribution is -0.136. The zero-order valence-electron chi connectivity index (χ0n) is 27.2. The lowest BCUT2D eigenvalue weighted by atomic mass is 9.95. The fraction of sp³-hybridized carbons (Fsp3) is 0.294. The van der Waals surface area contributed by atoms with Crippen LogP contribution in [-0.2, 0) is 16.1 Å². The highest BCUT2D eigenvalue weighted by molar-refractivity contribution is 14.1. The first kappa shape index (κ1) is 36.8. The first-order valence-corrected chi connectivity index (χ1v) is 16.3. The minimum absolute atomic E-state index is 0.185. The Morgan fingerprint density at radius 2 is 1.71 bits per heavy atom. The van der Waals surface area contributed by atoms with Gasteiger partial charge in [0.05, 0.1) is 47.3 Å². The highest BCUT2D eigenvalue weighted by atomic mass is 127. The fourth-order valence-corrected chi connectivity index (χ4v) is 5.57. The molecule has 49 heavy (non-hydrogen) atoms. The SMILES string of the molecule is CCOc1cc([C@@H]2NC(=O)NC(C)=C2C(=O)OC)ccc1OC[C@@H](O)N/N=C\c1cc(I)c(OCc2ccc(C(=O)O)cc2)c(OCC)c1. The summed E-state index contributed by atoms with van der Waals surface area (Å²) in [5, 5.41) is 29.1. The number of allylic oxidation sites excluding steroid dienone is 1. The molecule has 3 aromatic rings. The minimum atomic E-state index is -1.19. The van der Waals surface area contributed by atoms with Gasteiger partial charge in [-0.2, -0.15) is 5.10 Å². The summed E-state index contributed by atoms with van der Waals surface area (Å²) in [5.41, 5.74) is 5.51. The number of rotatable bonds is 16. The molecule has 15 heteroatoms. The Bertz CT molecular complexity index is 1730. The first-order valence-electron chi connectivity index (χ1n) is 15.2. The number of amides is 2. The van der Waals surface area contributed by atoms with E-state index in [2.05, 4.69) is 43.8 Å². The van der Waals surface area contributed by atoms with Gasteiger partial charge in [-0.15, -0.1) is 0 Å². The lowest BCUT2D eigenvalue weighted by Crippen LogP contribution is -2.45. The van der Waals surface area contributed by atoms with Gasteiger partial charge in [0.15, 0.2) is 29.2 Å². The number of carboxylic acids is 1. The third-order valence-corrected chi connectivity index (χ3v) is 7.83. The molecule has 0 aliphatic carbocycles. The third-order valence-electron chi connectivity index (χ3n) is 7.03. The number of aliphatic hydroxyl groups is 1. The maximum absolute atomic E-state index is 12.5. The van der Waals surface area contributed by atoms with Crippen molar-refractivity contribution in [3.63, 3.8) is 0 Å². The number of methoxy groups -OCH3 is 1. The molecule has 0 spiro atoms. The van der Waals surface area contributed by atoms with Gasteiger partial charge in [-0.25, -0.2) is 14.4 Å². The van der Waals surface area contributed by atoms with Crippen LogP contribution in [0, 0.1) is 3.57 Å². The quantitative estimate of drug-likeness (QED) is 0.0453. The topological polar surface area (TPSA) is 186 Å². The predicted molar refractivity (Wildman–Crippen MR) is 187 cm³/mol. The van der Waals surface area contributed by atoms with E-state index >= 15 is 0 Å². The van der Waals surface area contributed by atoms with Gasteiger partial charge in [0.2, 0.25) is 0 Å². The van der Waals surface area contributed by atoms with Gasteiger partial charge in [0.25, 0.3) is 0 Å². The van der Waals surface area contributed by atoms with Crippen molar-refractivity contribution in [3.05, 3.63) is 91.7 Å². The summed E-state index contributed by atoms with van der Waals surface area (Å²) in [6.07, 6.45) is 0.330. The van der Waals surface area contributed by atoms with Gasteiger partial charge in [0, 0.05) is 5.70 Å². The molecule has 1 aliphatic rings. The average molecular weight is 789 g/mol. The van der Waals surface area contributed by atoms with Crippen molar-refractivity contribution in [1.29, 1.82) is 0 Å². The standard InChI is InChI=1S/C34H37IN4O10/c1-5-46-26-15-23(30-29(33(43)45-4)19(3)37-34(44)38-30)11-12-25(26)48-18-28(40)39-36-16-21-13-24(35)31(27(14-21)47-6-2)49-17-20-7-9-22(10-8-20)32(41)42/h7-16,28,30,39-40H,5-6,17-18H2,1-4H3,(H,41,42)(H2,37,38,44)/b36-16-/t28-,30+/m1/s1. The van der Waals surface area contributed by atoms with Crippen LogP contribution in [-0.4, -0.2) is 67.6 Å². The number of carbonyl (C=O) groups is 3. The fourth-order valence-electron chi connectivity index (χ4n) is 4.78. The van der Waals surface area contributed by atoms with E-state index in [1.54, 1.807) is 50.2 Å². The number of hydrogen-bond acceptors (Lipinski definition) is 11. The second-order valence-corrected chi connectivity index (χ2v) is 11.6. The zero-order chi connectivity index (χ0) is 35.5. The molecule has 3 aromatic carbocycles. The molecule has 0 unspecified atom stereocenters. The molecule has 14 nitrogen and oxygen atoms in total. The van der Waals surface area contributed by atoms with Crippen molar-refractivity contribution >= 4 is 46.8 Å². The monoisotopic (exact) mass is 788 g/mol. The van der Waals surface area contributed by atoms with Crippen molar-refractivity contribution in [3.8, 4) is 23.0 Å². The van der Waals surface area contributed by atoms with Gasteiger partial charge in [-0.3, -0.25) is 5.43 Å². The summed E-state index contributed by atoms with van der Waals surface area (Å²) in [4.78, 5) is 35.8. The van der Waals surface area contributed by atoms with E-state index in [9.17, 15) is 19.5 Å². The number of carboxylic acid groups (broad SMARTS) is 1. The summed E-state index contributed by atoms with van der Waals surface area (Å²) in [7, 11) is 1.27. The Balaban J connectivity index is 1.39. The van der Waals surface area contributed by atoms with E-state index < -0.39 is 30.2 Å². The number of ether oxygens (including phenoxy) is 5. The summed E-state index contributed by atoms with van der Waals surface area (Å²) in [6.45, 7) is 6.01. The van der Waals surface area contributed by atoms with Gasteiger partial charge < -0.3 is 44.5 Å². The summed E-state index contributed by atoms with van der Waals surface area (Å²) in [6, 6.07) is 13.8. The Labute approximate surface area is 296 Å². The van der Waals surface area contributed by atoms with Crippen molar-refractivity contribution in [1.82, 2.24) is 16.1 Å². The van der Waals surface area contributed by atoms with Crippen molar-refractivity contribution in [2.24, 2.45) is 5.10 Å². The van der Waals surface area contributed by atoms with Crippen LogP contribution in [0.1, 0.15) is 53.9 Å². The highest BCUT2D eigenvalue weighted by Crippen LogP contribution is 2.36. The van der Waals surface area contributed by atoms with Crippen LogP contribution >= 0.6 is 22.6 Å².